The minimum atomic E-state index is -3.85. The summed E-state index contributed by atoms with van der Waals surface area (Å²) in [5.74, 6) is 0. The third kappa shape index (κ3) is 2.75. The topological polar surface area (TPSA) is 38.5 Å². The summed E-state index contributed by atoms with van der Waals surface area (Å²) in [5, 5.41) is 0. The molecule has 0 spiro atoms. The number of sulfone groups is 1. The first-order valence-electron chi connectivity index (χ1n) is 8.83. The van der Waals surface area contributed by atoms with Crippen LogP contribution >= 0.6 is 0 Å². The van der Waals surface area contributed by atoms with E-state index in [1.165, 1.54) is 0 Å². The van der Waals surface area contributed by atoms with Crippen molar-refractivity contribution in [3.05, 3.63) is 101 Å². The number of hydrogen-bond acceptors (Lipinski definition) is 2. The molecule has 0 heterocycles. The number of nitrogens with zero attached hydrogens (tertiary/aromatic N) is 1. The van der Waals surface area contributed by atoms with Crippen LogP contribution in [0, 0.1) is 13.5 Å². The van der Waals surface area contributed by atoms with Crippen LogP contribution in [-0.2, 0) is 22.7 Å². The van der Waals surface area contributed by atoms with Crippen molar-refractivity contribution < 1.29 is 8.42 Å². The second-order valence-corrected chi connectivity index (χ2v) is 9.28. The van der Waals surface area contributed by atoms with E-state index >= 15 is 0 Å². The van der Waals surface area contributed by atoms with Crippen LogP contribution in [0.15, 0.2) is 77.7 Å². The predicted molar refractivity (Wildman–Crippen MR) is 107 cm³/mol. The van der Waals surface area contributed by atoms with E-state index in [1.54, 1.807) is 24.3 Å². The van der Waals surface area contributed by atoms with Crippen LogP contribution in [0.3, 0.4) is 0 Å². The number of fused-ring (bicyclic) bond motifs is 3. The van der Waals surface area contributed by atoms with Crippen molar-refractivity contribution in [2.24, 2.45) is 0 Å². The predicted octanol–water partition coefficient (Wildman–Crippen LogP) is 4.85. The minimum absolute atomic E-state index is 0.178. The normalized spacial score (nSPS) is 15.1. The zero-order chi connectivity index (χ0) is 19.1. The largest absolute Gasteiger partial charge is 0.341 e. The van der Waals surface area contributed by atoms with Crippen molar-refractivity contribution in [2.45, 2.75) is 29.5 Å². The van der Waals surface area contributed by atoms with E-state index in [0.717, 1.165) is 27.8 Å². The molecule has 3 nitrogen and oxygen atoms in total. The molecule has 134 valence electrons. The van der Waals surface area contributed by atoms with Crippen LogP contribution in [-0.4, -0.2) is 13.3 Å². The molecule has 4 heteroatoms. The summed E-state index contributed by atoms with van der Waals surface area (Å²) in [4.78, 5) is 2.43. The first-order chi connectivity index (χ1) is 13.0. The van der Waals surface area contributed by atoms with Gasteiger partial charge in [0.15, 0.2) is 0 Å². The van der Waals surface area contributed by atoms with Crippen molar-refractivity contribution in [1.29, 1.82) is 0 Å². The molecule has 3 aromatic rings. The lowest BCUT2D eigenvalue weighted by molar-refractivity contribution is 0.545. The lowest BCUT2D eigenvalue weighted by atomic mass is 9.97. The van der Waals surface area contributed by atoms with Crippen LogP contribution < -0.4 is 0 Å². The summed E-state index contributed by atoms with van der Waals surface area (Å²) in [7, 11) is -3.85. The fourth-order valence-electron chi connectivity index (χ4n) is 3.80. The first kappa shape index (κ1) is 17.5. The first-order valence-corrected chi connectivity index (χ1v) is 10.3. The highest BCUT2D eigenvalue weighted by atomic mass is 32.2. The zero-order valence-electron chi connectivity index (χ0n) is 15.0. The van der Waals surface area contributed by atoms with E-state index in [2.05, 4.69) is 4.85 Å². The zero-order valence-corrected chi connectivity index (χ0v) is 15.8. The van der Waals surface area contributed by atoms with Crippen molar-refractivity contribution in [2.75, 3.05) is 0 Å². The summed E-state index contributed by atoms with van der Waals surface area (Å²) in [5.41, 5.74) is 4.81. The van der Waals surface area contributed by atoms with Crippen molar-refractivity contribution in [3.8, 4) is 11.1 Å². The van der Waals surface area contributed by atoms with Crippen molar-refractivity contribution in [3.63, 3.8) is 0 Å². The van der Waals surface area contributed by atoms with Crippen molar-refractivity contribution >= 4 is 9.84 Å². The van der Waals surface area contributed by atoms with E-state index in [9.17, 15) is 8.42 Å². The standard InChI is InChI=1S/C23H19NO2S/c1-17-11-13-20(14-12-17)27(25,26)23(24-2)15-18-7-3-5-9-21(18)22-10-6-4-8-19(22)16-23/h3-14H,15-16H2,1H3. The van der Waals surface area contributed by atoms with Crippen LogP contribution in [0.5, 0.6) is 0 Å². The molecule has 4 rings (SSSR count). The van der Waals surface area contributed by atoms with Gasteiger partial charge in [-0.2, -0.15) is 0 Å². The third-order valence-corrected chi connectivity index (χ3v) is 7.57. The molecule has 0 bridgehead atoms. The minimum Gasteiger partial charge on any atom is -0.292 e. The smallest absolute Gasteiger partial charge is 0.292 e. The van der Waals surface area contributed by atoms with Gasteiger partial charge in [-0.05, 0) is 41.3 Å². The highest BCUT2D eigenvalue weighted by Crippen LogP contribution is 2.42. The van der Waals surface area contributed by atoms with Gasteiger partial charge in [0.1, 0.15) is 0 Å². The van der Waals surface area contributed by atoms with E-state index < -0.39 is 14.7 Å². The molecular formula is C23H19NO2S. The van der Waals surface area contributed by atoms with Gasteiger partial charge >= 0.3 is 4.87 Å². The highest BCUT2D eigenvalue weighted by molar-refractivity contribution is 7.93. The Morgan fingerprint density at radius 1 is 0.815 bits per heavy atom. The van der Waals surface area contributed by atoms with Gasteiger partial charge in [-0.1, -0.05) is 66.2 Å². The van der Waals surface area contributed by atoms with Crippen molar-refractivity contribution in [1.82, 2.24) is 0 Å². The van der Waals surface area contributed by atoms with Gasteiger partial charge in [0.2, 0.25) is 0 Å². The molecule has 0 aromatic heterocycles. The van der Waals surface area contributed by atoms with Gasteiger partial charge < -0.3 is 0 Å². The molecule has 1 aliphatic rings. The molecule has 1 aliphatic carbocycles. The number of hydrogen-bond donors (Lipinski definition) is 0. The molecule has 0 saturated carbocycles. The quantitative estimate of drug-likeness (QED) is 0.602. The third-order valence-electron chi connectivity index (χ3n) is 5.29. The van der Waals surface area contributed by atoms with E-state index in [0.29, 0.717) is 0 Å². The fraction of sp³-hybridized carbons (Fsp3) is 0.174. The second kappa shape index (κ2) is 6.37. The molecule has 0 saturated heterocycles. The Labute approximate surface area is 160 Å². The van der Waals surface area contributed by atoms with Crippen LogP contribution in [0.25, 0.3) is 16.0 Å². The highest BCUT2D eigenvalue weighted by Gasteiger charge is 2.53. The van der Waals surface area contributed by atoms with Gasteiger partial charge in [-0.15, -0.1) is 0 Å². The summed E-state index contributed by atoms with van der Waals surface area (Å²) in [6.07, 6.45) is 0.356. The monoisotopic (exact) mass is 373 g/mol. The Hall–Kier alpha value is -2.90. The maximum atomic E-state index is 13.6. The Morgan fingerprint density at radius 3 is 1.78 bits per heavy atom. The second-order valence-electron chi connectivity index (χ2n) is 7.04. The molecule has 27 heavy (non-hydrogen) atoms. The van der Waals surface area contributed by atoms with E-state index in [4.69, 9.17) is 6.57 Å². The van der Waals surface area contributed by atoms with Gasteiger partial charge in [0, 0.05) is 0 Å². The molecule has 0 N–H and O–H groups in total. The molecule has 0 radical (unpaired) electrons. The molecule has 3 aromatic carbocycles. The fourth-order valence-corrected chi connectivity index (χ4v) is 5.54. The van der Waals surface area contributed by atoms with Gasteiger partial charge in [0.25, 0.3) is 9.84 Å². The lowest BCUT2D eigenvalue weighted by Gasteiger charge is -2.21. The number of aryl methyl sites for hydroxylation is 1. The molecule has 0 fully saturated rings. The van der Waals surface area contributed by atoms with Gasteiger partial charge in [-0.25, -0.2) is 15.0 Å². The Kier molecular flexibility index (Phi) is 4.13. The molecule has 0 atom stereocenters. The van der Waals surface area contributed by atoms with E-state index in [-0.39, 0.29) is 17.7 Å². The van der Waals surface area contributed by atoms with Gasteiger partial charge in [-0.3, -0.25) is 4.85 Å². The summed E-state index contributed by atoms with van der Waals surface area (Å²) in [6, 6.07) is 22.4. The SMILES string of the molecule is [C-]#[N+]C1(S(=O)(=O)c2ccc(C)cc2)Cc2ccccc2-c2ccccc2C1. The van der Waals surface area contributed by atoms with Crippen LogP contribution in [0.2, 0.25) is 0 Å². The average molecular weight is 373 g/mol. The Bertz CT molecular complexity index is 1110. The Morgan fingerprint density at radius 2 is 1.30 bits per heavy atom. The van der Waals surface area contributed by atoms with Crippen LogP contribution in [0.1, 0.15) is 16.7 Å². The number of benzene rings is 3. The molecular weight excluding hydrogens is 354 g/mol. The maximum Gasteiger partial charge on any atom is 0.341 e. The molecule has 0 amide bonds. The summed E-state index contributed by atoms with van der Waals surface area (Å²) < 4.78 is 27.2. The van der Waals surface area contributed by atoms with Gasteiger partial charge in [0.05, 0.1) is 17.7 Å². The Balaban J connectivity index is 1.97. The number of rotatable bonds is 2. The summed E-state index contributed by atoms with van der Waals surface area (Å²) in [6.45, 7) is 9.83. The summed E-state index contributed by atoms with van der Waals surface area (Å²) >= 11 is 0. The lowest BCUT2D eigenvalue weighted by Crippen LogP contribution is -2.39. The maximum absolute atomic E-state index is 13.6. The molecule has 0 unspecified atom stereocenters. The van der Waals surface area contributed by atoms with Crippen LogP contribution in [0.4, 0.5) is 0 Å². The van der Waals surface area contributed by atoms with E-state index in [1.807, 2.05) is 55.5 Å². The average Bonchev–Trinajstić information content (AvgIpc) is 2.83. The molecule has 0 aliphatic heterocycles.